The van der Waals surface area contributed by atoms with Crippen molar-refractivity contribution in [2.24, 2.45) is 5.92 Å². The fourth-order valence-corrected chi connectivity index (χ4v) is 1.98. The molecular formula is C13H27NO2. The molecule has 3 heteroatoms. The minimum atomic E-state index is 0.390. The van der Waals surface area contributed by atoms with Crippen LogP contribution in [0.1, 0.15) is 40.5 Å². The Labute approximate surface area is 100 Å². The molecule has 0 unspecified atom stereocenters. The first-order valence-corrected chi connectivity index (χ1v) is 6.61. The Kier molecular flexibility index (Phi) is 6.32. The summed E-state index contributed by atoms with van der Waals surface area (Å²) in [4.78, 5) is 2.38. The third-order valence-electron chi connectivity index (χ3n) is 2.94. The van der Waals surface area contributed by atoms with Crippen LogP contribution in [-0.4, -0.2) is 43.5 Å². The summed E-state index contributed by atoms with van der Waals surface area (Å²) in [6.45, 7) is 12.4. The van der Waals surface area contributed by atoms with Gasteiger partial charge < -0.3 is 9.47 Å². The molecule has 0 N–H and O–H groups in total. The van der Waals surface area contributed by atoms with Gasteiger partial charge >= 0.3 is 0 Å². The molecule has 0 bridgehead atoms. The van der Waals surface area contributed by atoms with Crippen molar-refractivity contribution < 1.29 is 9.47 Å². The fourth-order valence-electron chi connectivity index (χ4n) is 1.98. The predicted molar refractivity (Wildman–Crippen MR) is 66.5 cm³/mol. The molecule has 0 aromatic heterocycles. The smallest absolute Gasteiger partial charge is 0.0992 e. The van der Waals surface area contributed by atoms with Crippen molar-refractivity contribution in [3.05, 3.63) is 0 Å². The van der Waals surface area contributed by atoms with E-state index in [9.17, 15) is 0 Å². The number of nitrogens with zero attached hydrogens (tertiary/aromatic N) is 1. The summed E-state index contributed by atoms with van der Waals surface area (Å²) in [5.74, 6) is 0.616. The lowest BCUT2D eigenvalue weighted by atomic mass is 10.1. The quantitative estimate of drug-likeness (QED) is 0.698. The second-order valence-electron chi connectivity index (χ2n) is 5.13. The van der Waals surface area contributed by atoms with Crippen molar-refractivity contribution >= 4 is 0 Å². The molecule has 0 radical (unpaired) electrons. The molecule has 2 atom stereocenters. The standard InChI is InChI=1S/C13H27NO2/c1-5-12-7-14(8-13(6-2)16-12)10-15-9-11(3)4/h11-13H,5-10H2,1-4H3/t12-,13-/m1/s1. The fraction of sp³-hybridized carbons (Fsp3) is 1.00. The van der Waals surface area contributed by atoms with Gasteiger partial charge in [0, 0.05) is 13.1 Å². The normalized spacial score (nSPS) is 27.6. The zero-order valence-electron chi connectivity index (χ0n) is 11.2. The lowest BCUT2D eigenvalue weighted by Crippen LogP contribution is -2.48. The Morgan fingerprint density at radius 3 is 2.19 bits per heavy atom. The Morgan fingerprint density at radius 2 is 1.75 bits per heavy atom. The predicted octanol–water partition coefficient (Wildman–Crippen LogP) is 2.51. The van der Waals surface area contributed by atoms with Crippen molar-refractivity contribution in [2.45, 2.75) is 52.7 Å². The van der Waals surface area contributed by atoms with Crippen LogP contribution < -0.4 is 0 Å². The van der Waals surface area contributed by atoms with Crippen molar-refractivity contribution in [1.82, 2.24) is 4.90 Å². The average Bonchev–Trinajstić information content (AvgIpc) is 2.28. The van der Waals surface area contributed by atoms with Crippen LogP contribution in [0, 0.1) is 5.92 Å². The Morgan fingerprint density at radius 1 is 1.19 bits per heavy atom. The van der Waals surface area contributed by atoms with Gasteiger partial charge in [0.1, 0.15) is 0 Å². The van der Waals surface area contributed by atoms with Crippen LogP contribution in [0.3, 0.4) is 0 Å². The minimum absolute atomic E-state index is 0.390. The van der Waals surface area contributed by atoms with E-state index in [2.05, 4.69) is 32.6 Å². The van der Waals surface area contributed by atoms with E-state index in [1.165, 1.54) is 0 Å². The van der Waals surface area contributed by atoms with Gasteiger partial charge in [0.25, 0.3) is 0 Å². The molecular weight excluding hydrogens is 202 g/mol. The number of rotatable bonds is 6. The van der Waals surface area contributed by atoms with Gasteiger partial charge in [-0.05, 0) is 18.8 Å². The van der Waals surface area contributed by atoms with Gasteiger partial charge in [-0.15, -0.1) is 0 Å². The highest BCUT2D eigenvalue weighted by molar-refractivity contribution is 4.75. The minimum Gasteiger partial charge on any atom is -0.372 e. The van der Waals surface area contributed by atoms with Gasteiger partial charge in [-0.1, -0.05) is 27.7 Å². The van der Waals surface area contributed by atoms with Gasteiger partial charge in [-0.3, -0.25) is 4.90 Å². The molecule has 1 heterocycles. The van der Waals surface area contributed by atoms with Crippen LogP contribution >= 0.6 is 0 Å². The molecule has 0 saturated carbocycles. The highest BCUT2D eigenvalue weighted by atomic mass is 16.5. The van der Waals surface area contributed by atoms with Crippen molar-refractivity contribution in [1.29, 1.82) is 0 Å². The van der Waals surface area contributed by atoms with Gasteiger partial charge in [0.15, 0.2) is 0 Å². The van der Waals surface area contributed by atoms with E-state index in [0.717, 1.165) is 39.3 Å². The van der Waals surface area contributed by atoms with Crippen molar-refractivity contribution in [3.8, 4) is 0 Å². The molecule has 1 fully saturated rings. The molecule has 96 valence electrons. The Balaban J connectivity index is 2.28. The number of ether oxygens (including phenoxy) is 2. The topological polar surface area (TPSA) is 21.7 Å². The molecule has 1 rings (SSSR count). The molecule has 1 saturated heterocycles. The van der Waals surface area contributed by atoms with Crippen molar-refractivity contribution in [3.63, 3.8) is 0 Å². The monoisotopic (exact) mass is 229 g/mol. The number of hydrogen-bond donors (Lipinski definition) is 0. The number of hydrogen-bond acceptors (Lipinski definition) is 3. The largest absolute Gasteiger partial charge is 0.372 e. The molecule has 3 nitrogen and oxygen atoms in total. The zero-order chi connectivity index (χ0) is 12.0. The Bertz CT molecular complexity index is 173. The first-order valence-electron chi connectivity index (χ1n) is 6.61. The lowest BCUT2D eigenvalue weighted by molar-refractivity contribution is -0.116. The maximum absolute atomic E-state index is 5.95. The van der Waals surface area contributed by atoms with Gasteiger partial charge in [0.05, 0.1) is 25.5 Å². The van der Waals surface area contributed by atoms with E-state index in [4.69, 9.17) is 9.47 Å². The molecule has 0 aromatic rings. The maximum Gasteiger partial charge on any atom is 0.0992 e. The second kappa shape index (κ2) is 7.25. The molecule has 1 aliphatic heterocycles. The summed E-state index contributed by atoms with van der Waals surface area (Å²) in [5, 5.41) is 0. The van der Waals surface area contributed by atoms with E-state index in [0.29, 0.717) is 18.1 Å². The van der Waals surface area contributed by atoms with Gasteiger partial charge in [-0.25, -0.2) is 0 Å². The molecule has 0 amide bonds. The third-order valence-corrected chi connectivity index (χ3v) is 2.94. The summed E-state index contributed by atoms with van der Waals surface area (Å²) in [6.07, 6.45) is 2.97. The summed E-state index contributed by atoms with van der Waals surface area (Å²) >= 11 is 0. The molecule has 0 aliphatic carbocycles. The first-order chi connectivity index (χ1) is 7.65. The zero-order valence-corrected chi connectivity index (χ0v) is 11.2. The highest BCUT2D eigenvalue weighted by Crippen LogP contribution is 2.15. The van der Waals surface area contributed by atoms with E-state index in [1.807, 2.05) is 0 Å². The third kappa shape index (κ3) is 4.81. The van der Waals surface area contributed by atoms with Crippen LogP contribution in [-0.2, 0) is 9.47 Å². The Hall–Kier alpha value is -0.120. The average molecular weight is 229 g/mol. The summed E-state index contributed by atoms with van der Waals surface area (Å²) in [5.41, 5.74) is 0. The lowest BCUT2D eigenvalue weighted by Gasteiger charge is -2.37. The van der Waals surface area contributed by atoms with Crippen LogP contribution in [0.4, 0.5) is 0 Å². The summed E-state index contributed by atoms with van der Waals surface area (Å²) < 4.78 is 11.6. The number of morpholine rings is 1. The second-order valence-corrected chi connectivity index (χ2v) is 5.13. The van der Waals surface area contributed by atoms with E-state index >= 15 is 0 Å². The van der Waals surface area contributed by atoms with Crippen LogP contribution in [0.25, 0.3) is 0 Å². The molecule has 0 spiro atoms. The first kappa shape index (κ1) is 13.9. The molecule has 0 aromatic carbocycles. The van der Waals surface area contributed by atoms with Crippen LogP contribution in [0.15, 0.2) is 0 Å². The van der Waals surface area contributed by atoms with Crippen LogP contribution in [0.5, 0.6) is 0 Å². The van der Waals surface area contributed by atoms with Crippen LogP contribution in [0.2, 0.25) is 0 Å². The molecule has 1 aliphatic rings. The van der Waals surface area contributed by atoms with Crippen molar-refractivity contribution in [2.75, 3.05) is 26.4 Å². The summed E-state index contributed by atoms with van der Waals surface area (Å²) in [6, 6.07) is 0. The van der Waals surface area contributed by atoms with E-state index in [-0.39, 0.29) is 0 Å². The highest BCUT2D eigenvalue weighted by Gasteiger charge is 2.25. The SMILES string of the molecule is CC[C@@H]1CN(COCC(C)C)C[C@@H](CC)O1. The van der Waals surface area contributed by atoms with E-state index in [1.54, 1.807) is 0 Å². The van der Waals surface area contributed by atoms with E-state index < -0.39 is 0 Å². The van der Waals surface area contributed by atoms with Gasteiger partial charge in [-0.2, -0.15) is 0 Å². The summed E-state index contributed by atoms with van der Waals surface area (Å²) in [7, 11) is 0. The maximum atomic E-state index is 5.95. The van der Waals surface area contributed by atoms with Gasteiger partial charge in [0.2, 0.25) is 0 Å². The molecule has 16 heavy (non-hydrogen) atoms.